The summed E-state index contributed by atoms with van der Waals surface area (Å²) in [5.41, 5.74) is 2.59. The van der Waals surface area contributed by atoms with E-state index in [4.69, 9.17) is 9.47 Å². The number of anilines is 1. The van der Waals surface area contributed by atoms with E-state index in [9.17, 15) is 4.79 Å². The molecule has 4 heteroatoms. The highest BCUT2D eigenvalue weighted by Crippen LogP contribution is 2.35. The predicted molar refractivity (Wildman–Crippen MR) is 85.8 cm³/mol. The highest BCUT2D eigenvalue weighted by Gasteiger charge is 2.19. The van der Waals surface area contributed by atoms with E-state index >= 15 is 0 Å². The molecule has 3 rings (SSSR count). The summed E-state index contributed by atoms with van der Waals surface area (Å²) in [6, 6.07) is 13.6. The normalized spacial score (nSPS) is 13.8. The van der Waals surface area contributed by atoms with Gasteiger partial charge in [-0.3, -0.25) is 4.79 Å². The summed E-state index contributed by atoms with van der Waals surface area (Å²) in [4.78, 5) is 12.1. The van der Waals surface area contributed by atoms with Gasteiger partial charge in [0.05, 0.1) is 7.11 Å². The largest absolute Gasteiger partial charge is 0.493 e. The lowest BCUT2D eigenvalue weighted by Crippen LogP contribution is -2.04. The van der Waals surface area contributed by atoms with Crippen LogP contribution in [0.4, 0.5) is 5.69 Å². The van der Waals surface area contributed by atoms with Crippen molar-refractivity contribution in [3.8, 4) is 11.5 Å². The van der Waals surface area contributed by atoms with Crippen LogP contribution >= 0.6 is 0 Å². The number of carbonyl (C=O) groups excluding carboxylic acids is 1. The van der Waals surface area contributed by atoms with Gasteiger partial charge in [0.1, 0.15) is 6.61 Å². The third kappa shape index (κ3) is 3.06. The lowest BCUT2D eigenvalue weighted by Gasteiger charge is -2.15. The minimum Gasteiger partial charge on any atom is -0.493 e. The van der Waals surface area contributed by atoms with Crippen molar-refractivity contribution < 1.29 is 14.3 Å². The number of fused-ring (bicyclic) bond motifs is 1. The Kier molecular flexibility index (Phi) is 4.28. The zero-order valence-corrected chi connectivity index (χ0v) is 12.6. The van der Waals surface area contributed by atoms with Gasteiger partial charge in [0.15, 0.2) is 17.3 Å². The molecule has 22 heavy (non-hydrogen) atoms. The van der Waals surface area contributed by atoms with Crippen LogP contribution < -0.4 is 14.8 Å². The monoisotopic (exact) mass is 297 g/mol. The minimum absolute atomic E-state index is 0.146. The van der Waals surface area contributed by atoms with Gasteiger partial charge in [-0.15, -0.1) is 0 Å². The summed E-state index contributed by atoms with van der Waals surface area (Å²) in [5, 5.41) is 3.29. The Morgan fingerprint density at radius 3 is 2.73 bits per heavy atom. The van der Waals surface area contributed by atoms with Crippen LogP contribution in [0.15, 0.2) is 42.5 Å². The number of ketones is 1. The molecule has 114 valence electrons. The van der Waals surface area contributed by atoms with E-state index in [1.54, 1.807) is 13.2 Å². The van der Waals surface area contributed by atoms with Crippen LogP contribution in [0, 0.1) is 0 Å². The number of methoxy groups -OCH3 is 1. The Labute approximate surface area is 130 Å². The molecule has 0 fully saturated rings. The number of rotatable bonds is 4. The molecule has 0 saturated heterocycles. The Hall–Kier alpha value is -2.49. The fourth-order valence-corrected chi connectivity index (χ4v) is 2.55. The number of Topliss-reactive ketones (excluding diaryl/α,β-unsaturated/α-hetero) is 1. The Bertz CT molecular complexity index is 668. The molecular weight excluding hydrogens is 278 g/mol. The lowest BCUT2D eigenvalue weighted by molar-refractivity contribution is 0.0983. The average Bonchev–Trinajstić information content (AvgIpc) is 2.74. The van der Waals surface area contributed by atoms with E-state index in [1.807, 2.05) is 36.4 Å². The first kappa shape index (κ1) is 14.4. The molecule has 0 spiro atoms. The SMILES string of the molecule is COc1cc2c(cc1OCc1ccccc1)NCCCC2=O. The van der Waals surface area contributed by atoms with E-state index in [0.29, 0.717) is 30.1 Å². The fourth-order valence-electron chi connectivity index (χ4n) is 2.55. The zero-order valence-electron chi connectivity index (χ0n) is 12.6. The Balaban J connectivity index is 1.87. The summed E-state index contributed by atoms with van der Waals surface area (Å²) >= 11 is 0. The van der Waals surface area contributed by atoms with Crippen LogP contribution in [0.3, 0.4) is 0 Å². The molecule has 1 aliphatic heterocycles. The van der Waals surface area contributed by atoms with Gasteiger partial charge in [0.25, 0.3) is 0 Å². The van der Waals surface area contributed by atoms with Crippen LogP contribution in [0.5, 0.6) is 11.5 Å². The molecule has 1 aliphatic rings. The van der Waals surface area contributed by atoms with Gasteiger partial charge < -0.3 is 14.8 Å². The van der Waals surface area contributed by atoms with E-state index in [0.717, 1.165) is 24.2 Å². The molecule has 0 saturated carbocycles. The van der Waals surface area contributed by atoms with Crippen molar-refractivity contribution in [1.29, 1.82) is 0 Å². The van der Waals surface area contributed by atoms with Crippen molar-refractivity contribution in [2.75, 3.05) is 19.0 Å². The molecule has 2 aromatic rings. The maximum atomic E-state index is 12.1. The van der Waals surface area contributed by atoms with Crippen LogP contribution in [0.2, 0.25) is 0 Å². The number of ether oxygens (including phenoxy) is 2. The van der Waals surface area contributed by atoms with Crippen molar-refractivity contribution in [1.82, 2.24) is 0 Å². The summed E-state index contributed by atoms with van der Waals surface area (Å²) in [5.74, 6) is 1.38. The summed E-state index contributed by atoms with van der Waals surface area (Å²) < 4.78 is 11.3. The summed E-state index contributed by atoms with van der Waals surface area (Å²) in [6.07, 6.45) is 1.41. The highest BCUT2D eigenvalue weighted by atomic mass is 16.5. The molecule has 0 amide bonds. The third-order valence-corrected chi connectivity index (χ3v) is 3.74. The molecule has 1 N–H and O–H groups in total. The smallest absolute Gasteiger partial charge is 0.165 e. The van der Waals surface area contributed by atoms with Crippen molar-refractivity contribution >= 4 is 11.5 Å². The number of carbonyl (C=O) groups is 1. The standard InChI is InChI=1S/C18H19NO3/c1-21-17-10-14-15(19-9-5-8-16(14)20)11-18(17)22-12-13-6-3-2-4-7-13/h2-4,6-7,10-11,19H,5,8-9,12H2,1H3. The molecule has 0 aromatic heterocycles. The molecule has 2 aromatic carbocycles. The van der Waals surface area contributed by atoms with Crippen molar-refractivity contribution in [2.45, 2.75) is 19.4 Å². The number of hydrogen-bond acceptors (Lipinski definition) is 4. The zero-order chi connectivity index (χ0) is 15.4. The first-order valence-corrected chi connectivity index (χ1v) is 7.44. The molecule has 0 atom stereocenters. The van der Waals surface area contributed by atoms with Gasteiger partial charge in [-0.25, -0.2) is 0 Å². The Morgan fingerprint density at radius 2 is 1.95 bits per heavy atom. The van der Waals surface area contributed by atoms with Gasteiger partial charge in [0, 0.05) is 30.3 Å². The van der Waals surface area contributed by atoms with Crippen molar-refractivity contribution in [3.05, 3.63) is 53.6 Å². The first-order valence-electron chi connectivity index (χ1n) is 7.44. The molecule has 1 heterocycles. The van der Waals surface area contributed by atoms with Crippen molar-refractivity contribution in [2.24, 2.45) is 0 Å². The van der Waals surface area contributed by atoms with Crippen LogP contribution in [0.1, 0.15) is 28.8 Å². The topological polar surface area (TPSA) is 47.6 Å². The van der Waals surface area contributed by atoms with E-state index in [-0.39, 0.29) is 5.78 Å². The molecule has 0 aliphatic carbocycles. The number of hydrogen-bond donors (Lipinski definition) is 1. The molecular formula is C18H19NO3. The van der Waals surface area contributed by atoms with Crippen LogP contribution in [0.25, 0.3) is 0 Å². The van der Waals surface area contributed by atoms with Gasteiger partial charge >= 0.3 is 0 Å². The Morgan fingerprint density at radius 1 is 1.14 bits per heavy atom. The number of nitrogens with one attached hydrogen (secondary N) is 1. The maximum absolute atomic E-state index is 12.1. The second-order valence-corrected chi connectivity index (χ2v) is 5.28. The summed E-state index contributed by atoms with van der Waals surface area (Å²) in [6.45, 7) is 1.26. The second-order valence-electron chi connectivity index (χ2n) is 5.28. The van der Waals surface area contributed by atoms with E-state index < -0.39 is 0 Å². The van der Waals surface area contributed by atoms with Gasteiger partial charge in [-0.05, 0) is 18.1 Å². The van der Waals surface area contributed by atoms with Crippen LogP contribution in [-0.2, 0) is 6.61 Å². The van der Waals surface area contributed by atoms with E-state index in [2.05, 4.69) is 5.32 Å². The second kappa shape index (κ2) is 6.52. The average molecular weight is 297 g/mol. The van der Waals surface area contributed by atoms with Gasteiger partial charge in [-0.2, -0.15) is 0 Å². The van der Waals surface area contributed by atoms with Crippen molar-refractivity contribution in [3.63, 3.8) is 0 Å². The minimum atomic E-state index is 0.146. The fraction of sp³-hybridized carbons (Fsp3) is 0.278. The van der Waals surface area contributed by atoms with E-state index in [1.165, 1.54) is 0 Å². The molecule has 0 bridgehead atoms. The predicted octanol–water partition coefficient (Wildman–Crippen LogP) is 3.66. The summed E-state index contributed by atoms with van der Waals surface area (Å²) in [7, 11) is 1.59. The molecule has 0 radical (unpaired) electrons. The first-order chi connectivity index (χ1) is 10.8. The lowest BCUT2D eigenvalue weighted by atomic mass is 10.1. The quantitative estimate of drug-likeness (QED) is 0.935. The van der Waals surface area contributed by atoms with Gasteiger partial charge in [0.2, 0.25) is 0 Å². The highest BCUT2D eigenvalue weighted by molar-refractivity contribution is 6.02. The maximum Gasteiger partial charge on any atom is 0.165 e. The number of benzene rings is 2. The van der Waals surface area contributed by atoms with Gasteiger partial charge in [-0.1, -0.05) is 30.3 Å². The molecule has 0 unspecified atom stereocenters. The third-order valence-electron chi connectivity index (χ3n) is 3.74. The van der Waals surface area contributed by atoms with Crippen LogP contribution in [-0.4, -0.2) is 19.4 Å². The molecule has 4 nitrogen and oxygen atoms in total.